The van der Waals surface area contributed by atoms with Crippen LogP contribution in [0.2, 0.25) is 0 Å². The van der Waals surface area contributed by atoms with Gasteiger partial charge in [-0.25, -0.2) is 0 Å². The Morgan fingerprint density at radius 1 is 1.70 bits per heavy atom. The first-order chi connectivity index (χ1) is 4.88. The lowest BCUT2D eigenvalue weighted by Crippen LogP contribution is -2.23. The first kappa shape index (κ1) is 7.31. The van der Waals surface area contributed by atoms with Crippen molar-refractivity contribution in [3.63, 3.8) is 0 Å². The average molecular weight is 140 g/mol. The third kappa shape index (κ3) is 1.37. The highest BCUT2D eigenvalue weighted by atomic mass is 16.5. The van der Waals surface area contributed by atoms with Crippen LogP contribution in [-0.2, 0) is 4.74 Å². The number of dihydropyridines is 1. The highest BCUT2D eigenvalue weighted by molar-refractivity contribution is 5.28. The zero-order chi connectivity index (χ0) is 7.40. The molecule has 3 heteroatoms. The molecule has 0 aromatic heterocycles. The molecule has 0 aromatic rings. The number of methoxy groups -OCH3 is 1. The van der Waals surface area contributed by atoms with Gasteiger partial charge in [0.25, 0.3) is 0 Å². The normalized spacial score (nSPS) is 18.4. The molecule has 1 aliphatic rings. The second-order valence-electron chi connectivity index (χ2n) is 1.89. The van der Waals surface area contributed by atoms with Gasteiger partial charge in [0.15, 0.2) is 0 Å². The molecule has 1 radical (unpaired) electrons. The quantitative estimate of drug-likeness (QED) is 0.574. The minimum Gasteiger partial charge on any atom is -0.392 e. The van der Waals surface area contributed by atoms with Crippen LogP contribution in [0, 0.1) is 6.23 Å². The molecule has 3 nitrogen and oxygen atoms in total. The highest BCUT2D eigenvalue weighted by Crippen LogP contribution is 2.13. The predicted molar refractivity (Wildman–Crippen MR) is 37.7 cm³/mol. The summed E-state index contributed by atoms with van der Waals surface area (Å²) in [5.41, 5.74) is 0.769. The van der Waals surface area contributed by atoms with Crippen LogP contribution in [-0.4, -0.2) is 18.8 Å². The van der Waals surface area contributed by atoms with Gasteiger partial charge in [0.05, 0.1) is 6.61 Å². The Labute approximate surface area is 60.0 Å². The number of rotatable bonds is 2. The van der Waals surface area contributed by atoms with Gasteiger partial charge in [0.1, 0.15) is 0 Å². The SMILES string of the molecule is CO[C]1NC=CC=C1CO. The largest absolute Gasteiger partial charge is 0.392 e. The average Bonchev–Trinajstić information content (AvgIpc) is 2.04. The molecular weight excluding hydrogens is 130 g/mol. The van der Waals surface area contributed by atoms with Gasteiger partial charge in [-0.2, -0.15) is 0 Å². The molecule has 0 bridgehead atoms. The summed E-state index contributed by atoms with van der Waals surface area (Å²) in [5.74, 6) is 0. The second kappa shape index (κ2) is 3.39. The molecule has 0 unspecified atom stereocenters. The van der Waals surface area contributed by atoms with E-state index in [1.54, 1.807) is 19.4 Å². The zero-order valence-corrected chi connectivity index (χ0v) is 5.79. The zero-order valence-electron chi connectivity index (χ0n) is 5.79. The van der Waals surface area contributed by atoms with E-state index >= 15 is 0 Å². The van der Waals surface area contributed by atoms with Crippen molar-refractivity contribution in [3.05, 3.63) is 30.2 Å². The first-order valence-corrected chi connectivity index (χ1v) is 3.03. The Hall–Kier alpha value is -0.800. The summed E-state index contributed by atoms with van der Waals surface area (Å²) in [4.78, 5) is 0. The van der Waals surface area contributed by atoms with Crippen LogP contribution in [0.15, 0.2) is 23.9 Å². The lowest BCUT2D eigenvalue weighted by atomic mass is 10.2. The van der Waals surface area contributed by atoms with Gasteiger partial charge in [0, 0.05) is 12.7 Å². The molecule has 0 atom stereocenters. The fraction of sp³-hybridized carbons (Fsp3) is 0.286. The Kier molecular flexibility index (Phi) is 2.48. The number of ether oxygens (including phenoxy) is 1. The summed E-state index contributed by atoms with van der Waals surface area (Å²) < 4.78 is 4.92. The molecule has 10 heavy (non-hydrogen) atoms. The van der Waals surface area contributed by atoms with Gasteiger partial charge >= 0.3 is 0 Å². The summed E-state index contributed by atoms with van der Waals surface area (Å²) >= 11 is 0. The van der Waals surface area contributed by atoms with E-state index in [0.29, 0.717) is 6.23 Å². The number of allylic oxidation sites excluding steroid dienone is 2. The van der Waals surface area contributed by atoms with E-state index in [0.717, 1.165) is 5.57 Å². The van der Waals surface area contributed by atoms with Crippen LogP contribution >= 0.6 is 0 Å². The fourth-order valence-electron chi connectivity index (χ4n) is 0.771. The molecule has 0 aromatic carbocycles. The van der Waals surface area contributed by atoms with Gasteiger partial charge in [0.2, 0.25) is 6.23 Å². The van der Waals surface area contributed by atoms with E-state index in [-0.39, 0.29) is 6.61 Å². The van der Waals surface area contributed by atoms with E-state index in [2.05, 4.69) is 5.32 Å². The summed E-state index contributed by atoms with van der Waals surface area (Å²) in [5, 5.41) is 11.6. The van der Waals surface area contributed by atoms with E-state index in [1.807, 2.05) is 6.08 Å². The molecule has 0 saturated carbocycles. The molecule has 2 N–H and O–H groups in total. The summed E-state index contributed by atoms with van der Waals surface area (Å²) in [6.45, 7) is 0.000509. The van der Waals surface area contributed by atoms with Gasteiger partial charge in [-0.1, -0.05) is 6.08 Å². The molecule has 0 spiro atoms. The van der Waals surface area contributed by atoms with Gasteiger partial charge < -0.3 is 15.2 Å². The van der Waals surface area contributed by atoms with E-state index in [9.17, 15) is 0 Å². The molecular formula is C7H10NO2. The van der Waals surface area contributed by atoms with Crippen LogP contribution in [0.5, 0.6) is 0 Å². The maximum absolute atomic E-state index is 8.75. The Balaban J connectivity index is 2.61. The minimum atomic E-state index is 0.000509. The number of hydrogen-bond donors (Lipinski definition) is 2. The summed E-state index contributed by atoms with van der Waals surface area (Å²) in [7, 11) is 1.56. The van der Waals surface area contributed by atoms with Crippen LogP contribution < -0.4 is 5.32 Å². The molecule has 1 heterocycles. The van der Waals surface area contributed by atoms with Crippen molar-refractivity contribution in [2.75, 3.05) is 13.7 Å². The van der Waals surface area contributed by atoms with Crippen molar-refractivity contribution in [2.45, 2.75) is 0 Å². The number of aliphatic hydroxyl groups excluding tert-OH is 1. The lowest BCUT2D eigenvalue weighted by molar-refractivity contribution is 0.190. The molecule has 0 saturated heterocycles. The van der Waals surface area contributed by atoms with Crippen LogP contribution in [0.25, 0.3) is 0 Å². The molecule has 0 fully saturated rings. The fourth-order valence-corrected chi connectivity index (χ4v) is 0.771. The molecule has 0 aliphatic carbocycles. The highest BCUT2D eigenvalue weighted by Gasteiger charge is 2.13. The third-order valence-corrected chi connectivity index (χ3v) is 1.27. The van der Waals surface area contributed by atoms with Crippen molar-refractivity contribution < 1.29 is 9.84 Å². The topological polar surface area (TPSA) is 41.5 Å². The standard InChI is InChI=1S/C7H10NO2/c1-10-7-6(5-9)3-2-4-8-7/h2-4,8-9H,5H2,1H3. The smallest absolute Gasteiger partial charge is 0.216 e. The minimum absolute atomic E-state index is 0.000509. The maximum atomic E-state index is 8.75. The summed E-state index contributed by atoms with van der Waals surface area (Å²) in [6.07, 6.45) is 5.98. The van der Waals surface area contributed by atoms with Crippen molar-refractivity contribution >= 4 is 0 Å². The van der Waals surface area contributed by atoms with Crippen LogP contribution in [0.1, 0.15) is 0 Å². The number of hydrogen-bond acceptors (Lipinski definition) is 3. The van der Waals surface area contributed by atoms with Crippen LogP contribution in [0.4, 0.5) is 0 Å². The molecule has 55 valence electrons. The van der Waals surface area contributed by atoms with Crippen molar-refractivity contribution in [2.24, 2.45) is 0 Å². The van der Waals surface area contributed by atoms with E-state index < -0.39 is 0 Å². The van der Waals surface area contributed by atoms with Gasteiger partial charge in [-0.15, -0.1) is 0 Å². The monoisotopic (exact) mass is 140 g/mol. The van der Waals surface area contributed by atoms with Crippen molar-refractivity contribution in [1.82, 2.24) is 5.32 Å². The lowest BCUT2D eigenvalue weighted by Gasteiger charge is -2.17. The number of aliphatic hydroxyl groups is 1. The van der Waals surface area contributed by atoms with Crippen molar-refractivity contribution in [1.29, 1.82) is 0 Å². The third-order valence-electron chi connectivity index (χ3n) is 1.27. The Bertz CT molecular complexity index is 163. The molecule has 1 aliphatic heterocycles. The second-order valence-corrected chi connectivity index (χ2v) is 1.89. The summed E-state index contributed by atoms with van der Waals surface area (Å²) in [6, 6.07) is 0. The van der Waals surface area contributed by atoms with Crippen LogP contribution in [0.3, 0.4) is 0 Å². The Morgan fingerprint density at radius 3 is 3.00 bits per heavy atom. The number of nitrogens with one attached hydrogen (secondary N) is 1. The molecule has 0 amide bonds. The van der Waals surface area contributed by atoms with Crippen molar-refractivity contribution in [3.8, 4) is 0 Å². The molecule has 1 rings (SSSR count). The first-order valence-electron chi connectivity index (χ1n) is 3.03. The van der Waals surface area contributed by atoms with E-state index in [1.165, 1.54) is 0 Å². The van der Waals surface area contributed by atoms with Gasteiger partial charge in [-0.05, 0) is 12.3 Å². The van der Waals surface area contributed by atoms with E-state index in [4.69, 9.17) is 9.84 Å². The van der Waals surface area contributed by atoms with Gasteiger partial charge in [-0.3, -0.25) is 0 Å². The maximum Gasteiger partial charge on any atom is 0.216 e. The Morgan fingerprint density at radius 2 is 2.50 bits per heavy atom. The predicted octanol–water partition coefficient (Wildman–Crippen LogP) is 0.158.